The molecular weight excluding hydrogens is 222 g/mol. The summed E-state index contributed by atoms with van der Waals surface area (Å²) in [5.74, 6) is -1.65. The summed E-state index contributed by atoms with van der Waals surface area (Å²) >= 11 is 0. The van der Waals surface area contributed by atoms with Crippen LogP contribution in [0.15, 0.2) is 12.1 Å². The number of hydrogen-bond acceptors (Lipinski definition) is 4. The first-order valence-corrected chi connectivity index (χ1v) is 5.34. The van der Waals surface area contributed by atoms with Gasteiger partial charge in [0.1, 0.15) is 5.54 Å². The highest BCUT2D eigenvalue weighted by atomic mass is 16.4. The van der Waals surface area contributed by atoms with Crippen LogP contribution in [-0.4, -0.2) is 26.8 Å². The number of phenolic OH excluding ortho intramolecular Hbond substituents is 2. The third kappa shape index (κ3) is 2.50. The van der Waals surface area contributed by atoms with Crippen molar-refractivity contribution in [1.29, 1.82) is 0 Å². The Bertz CT molecular complexity index is 444. The molecule has 0 bridgehead atoms. The summed E-state index contributed by atoms with van der Waals surface area (Å²) < 4.78 is 0. The molecule has 0 spiro atoms. The molecule has 1 rings (SSSR count). The van der Waals surface area contributed by atoms with Gasteiger partial charge < -0.3 is 21.1 Å². The van der Waals surface area contributed by atoms with E-state index in [4.69, 9.17) is 10.8 Å². The van der Waals surface area contributed by atoms with Gasteiger partial charge in [-0.25, -0.2) is 0 Å². The molecule has 0 fully saturated rings. The van der Waals surface area contributed by atoms with Gasteiger partial charge in [-0.2, -0.15) is 0 Å². The summed E-state index contributed by atoms with van der Waals surface area (Å²) in [4.78, 5) is 11.1. The van der Waals surface area contributed by atoms with Gasteiger partial charge in [-0.05, 0) is 18.9 Å². The average molecular weight is 239 g/mol. The van der Waals surface area contributed by atoms with Crippen LogP contribution in [-0.2, 0) is 11.2 Å². The molecule has 1 atom stereocenters. The molecule has 1 aromatic carbocycles. The van der Waals surface area contributed by atoms with Crippen LogP contribution in [0.3, 0.4) is 0 Å². The van der Waals surface area contributed by atoms with Crippen molar-refractivity contribution in [1.82, 2.24) is 0 Å². The second-order valence-corrected chi connectivity index (χ2v) is 4.23. The first kappa shape index (κ1) is 13.3. The van der Waals surface area contributed by atoms with Crippen LogP contribution >= 0.6 is 0 Å². The van der Waals surface area contributed by atoms with Crippen molar-refractivity contribution < 1.29 is 20.1 Å². The number of benzene rings is 1. The third-order valence-corrected chi connectivity index (χ3v) is 3.00. The molecule has 0 amide bonds. The molecule has 5 N–H and O–H groups in total. The highest BCUT2D eigenvalue weighted by Gasteiger charge is 2.33. The number of carboxylic acid groups (broad SMARTS) is 1. The van der Waals surface area contributed by atoms with Gasteiger partial charge >= 0.3 is 5.97 Å². The minimum atomic E-state index is -1.43. The average Bonchev–Trinajstić information content (AvgIpc) is 2.29. The fourth-order valence-corrected chi connectivity index (χ4v) is 1.56. The number of hydrogen-bond donors (Lipinski definition) is 4. The lowest BCUT2D eigenvalue weighted by atomic mass is 9.88. The zero-order chi connectivity index (χ0) is 13.2. The van der Waals surface area contributed by atoms with Gasteiger partial charge in [0.25, 0.3) is 0 Å². The van der Waals surface area contributed by atoms with Crippen molar-refractivity contribution in [2.45, 2.75) is 32.2 Å². The molecule has 0 aromatic heterocycles. The minimum absolute atomic E-state index is 0.0293. The lowest BCUT2D eigenvalue weighted by Gasteiger charge is -2.23. The number of aromatic hydroxyl groups is 2. The summed E-state index contributed by atoms with van der Waals surface area (Å²) in [6, 6.07) is 3.19. The van der Waals surface area contributed by atoms with E-state index in [1.54, 1.807) is 26.0 Å². The van der Waals surface area contributed by atoms with E-state index in [0.717, 1.165) is 0 Å². The molecule has 0 saturated heterocycles. The highest BCUT2D eigenvalue weighted by Crippen LogP contribution is 2.34. The van der Waals surface area contributed by atoms with E-state index in [-0.39, 0.29) is 24.3 Å². The Morgan fingerprint density at radius 3 is 2.41 bits per heavy atom. The minimum Gasteiger partial charge on any atom is -0.504 e. The lowest BCUT2D eigenvalue weighted by Crippen LogP contribution is -2.49. The number of aryl methyl sites for hydroxylation is 1. The Labute approximate surface area is 99.5 Å². The van der Waals surface area contributed by atoms with Crippen LogP contribution in [0.5, 0.6) is 11.5 Å². The van der Waals surface area contributed by atoms with Crippen LogP contribution in [0.1, 0.15) is 24.5 Å². The predicted octanol–water partition coefficient (Wildman–Crippen LogP) is 1.14. The zero-order valence-electron chi connectivity index (χ0n) is 9.90. The molecule has 0 heterocycles. The predicted molar refractivity (Wildman–Crippen MR) is 63.1 cm³/mol. The van der Waals surface area contributed by atoms with E-state index in [0.29, 0.717) is 11.1 Å². The normalized spacial score (nSPS) is 14.3. The third-order valence-electron chi connectivity index (χ3n) is 3.00. The van der Waals surface area contributed by atoms with Gasteiger partial charge in [-0.15, -0.1) is 0 Å². The van der Waals surface area contributed by atoms with E-state index >= 15 is 0 Å². The van der Waals surface area contributed by atoms with E-state index in [9.17, 15) is 15.0 Å². The Kier molecular flexibility index (Phi) is 3.63. The Hall–Kier alpha value is -1.75. The lowest BCUT2D eigenvalue weighted by molar-refractivity contribution is -0.143. The molecule has 5 nitrogen and oxygen atoms in total. The summed E-state index contributed by atoms with van der Waals surface area (Å²) in [5, 5.41) is 28.3. The molecule has 0 radical (unpaired) electrons. The molecule has 0 saturated carbocycles. The molecule has 5 heteroatoms. The van der Waals surface area contributed by atoms with Gasteiger partial charge in [-0.1, -0.05) is 19.1 Å². The quantitative estimate of drug-likeness (QED) is 0.590. The van der Waals surface area contributed by atoms with Crippen molar-refractivity contribution in [2.75, 3.05) is 0 Å². The summed E-state index contributed by atoms with van der Waals surface area (Å²) in [6.07, 6.45) is 0.203. The highest BCUT2D eigenvalue weighted by molar-refractivity contribution is 5.79. The first-order valence-electron chi connectivity index (χ1n) is 5.34. The topological polar surface area (TPSA) is 104 Å². The Morgan fingerprint density at radius 1 is 1.35 bits per heavy atom. The number of aliphatic carboxylic acids is 1. The number of carboxylic acids is 1. The molecule has 94 valence electrons. The molecule has 0 unspecified atom stereocenters. The van der Waals surface area contributed by atoms with Gasteiger partial charge in [0.05, 0.1) is 0 Å². The van der Waals surface area contributed by atoms with Crippen LogP contribution in [0.25, 0.3) is 0 Å². The molecule has 0 aliphatic heterocycles. The fraction of sp³-hybridized carbons (Fsp3) is 0.417. The summed E-state index contributed by atoms with van der Waals surface area (Å²) in [6.45, 7) is 3.31. The number of rotatable bonds is 4. The number of carbonyl (C=O) groups is 1. The van der Waals surface area contributed by atoms with Crippen LogP contribution < -0.4 is 5.73 Å². The zero-order valence-corrected chi connectivity index (χ0v) is 9.90. The monoisotopic (exact) mass is 239 g/mol. The Morgan fingerprint density at radius 2 is 1.94 bits per heavy atom. The maximum atomic E-state index is 11.1. The van der Waals surface area contributed by atoms with Gasteiger partial charge in [0.15, 0.2) is 11.5 Å². The second kappa shape index (κ2) is 4.63. The Balaban J connectivity index is 3.11. The van der Waals surface area contributed by atoms with Crippen molar-refractivity contribution in [3.63, 3.8) is 0 Å². The van der Waals surface area contributed by atoms with E-state index in [1.807, 2.05) is 0 Å². The van der Waals surface area contributed by atoms with E-state index in [2.05, 4.69) is 0 Å². The smallest absolute Gasteiger partial charge is 0.324 e. The summed E-state index contributed by atoms with van der Waals surface area (Å²) in [7, 11) is 0. The van der Waals surface area contributed by atoms with Gasteiger partial charge in [0.2, 0.25) is 0 Å². The van der Waals surface area contributed by atoms with Crippen molar-refractivity contribution in [2.24, 2.45) is 5.73 Å². The molecule has 0 aliphatic rings. The second-order valence-electron chi connectivity index (χ2n) is 4.23. The van der Waals surface area contributed by atoms with Crippen molar-refractivity contribution in [3.05, 3.63) is 23.3 Å². The molecule has 1 aromatic rings. The fourth-order valence-electron chi connectivity index (χ4n) is 1.56. The van der Waals surface area contributed by atoms with Crippen LogP contribution in [0.4, 0.5) is 0 Å². The van der Waals surface area contributed by atoms with Crippen molar-refractivity contribution in [3.8, 4) is 11.5 Å². The summed E-state index contributed by atoms with van der Waals surface area (Å²) in [5.41, 5.74) is 5.17. The van der Waals surface area contributed by atoms with Crippen LogP contribution in [0, 0.1) is 6.92 Å². The van der Waals surface area contributed by atoms with Gasteiger partial charge in [0, 0.05) is 12.0 Å². The van der Waals surface area contributed by atoms with E-state index < -0.39 is 11.5 Å². The molecule has 17 heavy (non-hydrogen) atoms. The van der Waals surface area contributed by atoms with Crippen molar-refractivity contribution >= 4 is 5.97 Å². The standard InChI is InChI=1S/C12H17NO4/c1-3-12(13,11(16)17)6-8-5-4-7(2)9(14)10(8)15/h4-5,14-15H,3,6,13H2,1-2H3,(H,16,17)/t12-/m0/s1. The maximum absolute atomic E-state index is 11.1. The molecular formula is C12H17NO4. The largest absolute Gasteiger partial charge is 0.504 e. The van der Waals surface area contributed by atoms with Crippen LogP contribution in [0.2, 0.25) is 0 Å². The van der Waals surface area contributed by atoms with Gasteiger partial charge in [-0.3, -0.25) is 4.79 Å². The van der Waals surface area contributed by atoms with E-state index in [1.165, 1.54) is 0 Å². The molecule has 0 aliphatic carbocycles. The number of nitrogens with two attached hydrogens (primary N) is 1. The first-order chi connectivity index (χ1) is 7.81. The SMILES string of the molecule is CC[C@](N)(Cc1ccc(C)c(O)c1O)C(=O)O. The number of phenols is 2. The maximum Gasteiger partial charge on any atom is 0.324 e.